The molecule has 4 nitrogen and oxygen atoms in total. The Kier molecular flexibility index (Phi) is 5.07. The van der Waals surface area contributed by atoms with Gasteiger partial charge >= 0.3 is 0 Å². The number of hydrogen-bond acceptors (Lipinski definition) is 3. The first-order valence-corrected chi connectivity index (χ1v) is 8.99. The van der Waals surface area contributed by atoms with Crippen LogP contribution in [0.5, 0.6) is 0 Å². The van der Waals surface area contributed by atoms with E-state index in [2.05, 4.69) is 13.8 Å². The van der Waals surface area contributed by atoms with E-state index >= 15 is 0 Å². The minimum absolute atomic E-state index is 0.0767. The SMILES string of the molecule is CC1(C)CCCN(S(=O)(=O)c2ccc(CCO)cc2)CC1. The molecule has 1 aliphatic rings. The summed E-state index contributed by atoms with van der Waals surface area (Å²) in [6, 6.07) is 6.86. The number of rotatable bonds is 4. The van der Waals surface area contributed by atoms with E-state index in [9.17, 15) is 8.42 Å². The standard InChI is InChI=1S/C16H25NO3S/c1-16(2)9-3-11-17(12-10-16)21(19,20)15-6-4-14(5-7-15)8-13-18/h4-7,18H,3,8-13H2,1-2H3. The van der Waals surface area contributed by atoms with Crippen molar-refractivity contribution in [2.45, 2.75) is 44.4 Å². The van der Waals surface area contributed by atoms with Gasteiger partial charge in [0.1, 0.15) is 0 Å². The molecule has 0 spiro atoms. The van der Waals surface area contributed by atoms with Gasteiger partial charge in [0, 0.05) is 19.7 Å². The van der Waals surface area contributed by atoms with Crippen LogP contribution in [0.2, 0.25) is 0 Å². The van der Waals surface area contributed by atoms with Gasteiger partial charge in [-0.25, -0.2) is 8.42 Å². The number of sulfonamides is 1. The van der Waals surface area contributed by atoms with Gasteiger partial charge in [0.05, 0.1) is 4.90 Å². The summed E-state index contributed by atoms with van der Waals surface area (Å²) < 4.78 is 27.0. The van der Waals surface area contributed by atoms with Crippen molar-refractivity contribution < 1.29 is 13.5 Å². The molecular formula is C16H25NO3S. The molecule has 1 saturated heterocycles. The number of nitrogens with zero attached hydrogens (tertiary/aromatic N) is 1. The zero-order chi connectivity index (χ0) is 15.5. The van der Waals surface area contributed by atoms with Crippen molar-refractivity contribution in [3.63, 3.8) is 0 Å². The maximum atomic E-state index is 12.7. The Labute approximate surface area is 127 Å². The van der Waals surface area contributed by atoms with Gasteiger partial charge in [-0.15, -0.1) is 0 Å². The van der Waals surface area contributed by atoms with Crippen molar-refractivity contribution in [1.29, 1.82) is 0 Å². The average molecular weight is 311 g/mol. The maximum Gasteiger partial charge on any atom is 0.243 e. The van der Waals surface area contributed by atoms with Crippen LogP contribution in [0.4, 0.5) is 0 Å². The largest absolute Gasteiger partial charge is 0.396 e. The molecule has 21 heavy (non-hydrogen) atoms. The van der Waals surface area contributed by atoms with E-state index in [1.54, 1.807) is 28.6 Å². The smallest absolute Gasteiger partial charge is 0.243 e. The normalized spacial score (nSPS) is 20.1. The molecule has 2 rings (SSSR count). The molecule has 0 radical (unpaired) electrons. The first kappa shape index (κ1) is 16.5. The fourth-order valence-corrected chi connectivity index (χ4v) is 4.22. The van der Waals surface area contributed by atoms with Crippen LogP contribution in [0.15, 0.2) is 29.2 Å². The Bertz CT molecular complexity index is 564. The molecule has 0 aromatic heterocycles. The highest BCUT2D eigenvalue weighted by Gasteiger charge is 2.30. The Morgan fingerprint density at radius 2 is 1.81 bits per heavy atom. The molecule has 1 N–H and O–H groups in total. The Balaban J connectivity index is 2.17. The number of aliphatic hydroxyl groups is 1. The van der Waals surface area contributed by atoms with Crippen molar-refractivity contribution >= 4 is 10.0 Å². The number of aliphatic hydroxyl groups excluding tert-OH is 1. The summed E-state index contributed by atoms with van der Waals surface area (Å²) >= 11 is 0. The number of benzene rings is 1. The highest BCUT2D eigenvalue weighted by Crippen LogP contribution is 2.31. The molecule has 0 unspecified atom stereocenters. The van der Waals surface area contributed by atoms with Crippen LogP contribution in [-0.4, -0.2) is 37.5 Å². The van der Waals surface area contributed by atoms with Crippen LogP contribution in [0.3, 0.4) is 0 Å². The van der Waals surface area contributed by atoms with Crippen LogP contribution in [0, 0.1) is 5.41 Å². The molecule has 118 valence electrons. The molecule has 1 aromatic rings. The molecule has 0 bridgehead atoms. The lowest BCUT2D eigenvalue weighted by Crippen LogP contribution is -2.32. The summed E-state index contributed by atoms with van der Waals surface area (Å²) in [5.41, 5.74) is 1.17. The first-order valence-electron chi connectivity index (χ1n) is 7.55. The van der Waals surface area contributed by atoms with E-state index < -0.39 is 10.0 Å². The second kappa shape index (κ2) is 6.46. The Morgan fingerprint density at radius 1 is 1.14 bits per heavy atom. The van der Waals surface area contributed by atoms with Gasteiger partial charge < -0.3 is 5.11 Å². The highest BCUT2D eigenvalue weighted by atomic mass is 32.2. The zero-order valence-electron chi connectivity index (χ0n) is 12.9. The monoisotopic (exact) mass is 311 g/mol. The van der Waals surface area contributed by atoms with Crippen molar-refractivity contribution in [3.05, 3.63) is 29.8 Å². The van der Waals surface area contributed by atoms with E-state index in [0.29, 0.717) is 24.4 Å². The fourth-order valence-electron chi connectivity index (χ4n) is 2.74. The van der Waals surface area contributed by atoms with Gasteiger partial charge in [-0.3, -0.25) is 0 Å². The molecule has 1 aliphatic heterocycles. The fraction of sp³-hybridized carbons (Fsp3) is 0.625. The lowest BCUT2D eigenvalue weighted by atomic mass is 9.85. The molecular weight excluding hydrogens is 286 g/mol. The molecule has 0 aliphatic carbocycles. The van der Waals surface area contributed by atoms with Crippen LogP contribution in [-0.2, 0) is 16.4 Å². The van der Waals surface area contributed by atoms with Crippen molar-refractivity contribution in [1.82, 2.24) is 4.31 Å². The summed E-state index contributed by atoms with van der Waals surface area (Å²) in [6.45, 7) is 5.67. The third-order valence-corrected chi connectivity index (χ3v) is 6.17. The van der Waals surface area contributed by atoms with Crippen molar-refractivity contribution in [2.75, 3.05) is 19.7 Å². The summed E-state index contributed by atoms with van der Waals surface area (Å²) in [5, 5.41) is 8.91. The van der Waals surface area contributed by atoms with E-state index in [0.717, 1.165) is 24.8 Å². The third-order valence-electron chi connectivity index (χ3n) is 4.26. The lowest BCUT2D eigenvalue weighted by Gasteiger charge is -2.23. The maximum absolute atomic E-state index is 12.7. The van der Waals surface area contributed by atoms with E-state index in [1.165, 1.54) is 0 Å². The second-order valence-corrected chi connectivity index (χ2v) is 8.48. The van der Waals surface area contributed by atoms with E-state index in [4.69, 9.17) is 5.11 Å². The zero-order valence-corrected chi connectivity index (χ0v) is 13.7. The summed E-state index contributed by atoms with van der Waals surface area (Å²) in [5.74, 6) is 0. The van der Waals surface area contributed by atoms with Crippen LogP contribution in [0.25, 0.3) is 0 Å². The predicted molar refractivity (Wildman–Crippen MR) is 83.6 cm³/mol. The van der Waals surface area contributed by atoms with Crippen LogP contribution >= 0.6 is 0 Å². The molecule has 1 fully saturated rings. The van der Waals surface area contributed by atoms with Crippen molar-refractivity contribution in [2.24, 2.45) is 5.41 Å². The Morgan fingerprint density at radius 3 is 2.43 bits per heavy atom. The summed E-state index contributed by atoms with van der Waals surface area (Å²) in [4.78, 5) is 0.351. The minimum atomic E-state index is -3.40. The number of hydrogen-bond donors (Lipinski definition) is 1. The van der Waals surface area contributed by atoms with Gasteiger partial charge in [0.25, 0.3) is 0 Å². The topological polar surface area (TPSA) is 57.6 Å². The Hall–Kier alpha value is -0.910. The average Bonchev–Trinajstić information content (AvgIpc) is 2.61. The highest BCUT2D eigenvalue weighted by molar-refractivity contribution is 7.89. The van der Waals surface area contributed by atoms with Crippen LogP contribution < -0.4 is 0 Å². The molecule has 5 heteroatoms. The van der Waals surface area contributed by atoms with Gasteiger partial charge in [0.15, 0.2) is 0 Å². The van der Waals surface area contributed by atoms with E-state index in [-0.39, 0.29) is 12.0 Å². The quantitative estimate of drug-likeness (QED) is 0.929. The predicted octanol–water partition coefficient (Wildman–Crippen LogP) is 2.42. The van der Waals surface area contributed by atoms with Gasteiger partial charge in [0.2, 0.25) is 10.0 Å². The molecule has 0 amide bonds. The summed E-state index contributed by atoms with van der Waals surface area (Å²) in [6.07, 6.45) is 3.43. The molecule has 1 aromatic carbocycles. The molecule has 0 saturated carbocycles. The lowest BCUT2D eigenvalue weighted by molar-refractivity contribution is 0.299. The second-order valence-electron chi connectivity index (χ2n) is 6.54. The van der Waals surface area contributed by atoms with E-state index in [1.807, 2.05) is 0 Å². The van der Waals surface area contributed by atoms with Crippen molar-refractivity contribution in [3.8, 4) is 0 Å². The molecule has 1 heterocycles. The minimum Gasteiger partial charge on any atom is -0.396 e. The van der Waals surface area contributed by atoms with Gasteiger partial charge in [-0.2, -0.15) is 4.31 Å². The third kappa shape index (κ3) is 4.05. The van der Waals surface area contributed by atoms with Gasteiger partial charge in [-0.1, -0.05) is 26.0 Å². The summed E-state index contributed by atoms with van der Waals surface area (Å²) in [7, 11) is -3.40. The molecule has 0 atom stereocenters. The first-order chi connectivity index (χ1) is 9.85. The van der Waals surface area contributed by atoms with Gasteiger partial charge in [-0.05, 0) is 48.8 Å². The van der Waals surface area contributed by atoms with Crippen LogP contribution in [0.1, 0.15) is 38.7 Å².